The zero-order valence-electron chi connectivity index (χ0n) is 19.2. The Morgan fingerprint density at radius 1 is 1.09 bits per heavy atom. The van der Waals surface area contributed by atoms with E-state index in [1.54, 1.807) is 50.1 Å². The molecular formula is C24H29FN4O3S. The predicted molar refractivity (Wildman–Crippen MR) is 126 cm³/mol. The minimum atomic E-state index is -3.67. The Labute approximate surface area is 194 Å². The van der Waals surface area contributed by atoms with E-state index in [1.165, 1.54) is 35.6 Å². The molecule has 1 amide bonds. The normalized spacial score (nSPS) is 11.8. The largest absolute Gasteiger partial charge is 0.342 e. The van der Waals surface area contributed by atoms with Gasteiger partial charge in [-0.25, -0.2) is 12.8 Å². The molecule has 0 aliphatic rings. The van der Waals surface area contributed by atoms with Crippen LogP contribution in [-0.2, 0) is 16.4 Å². The van der Waals surface area contributed by atoms with Crippen LogP contribution in [0.15, 0.2) is 59.5 Å². The number of sulfonamides is 1. The van der Waals surface area contributed by atoms with Crippen molar-refractivity contribution in [3.05, 3.63) is 71.7 Å². The molecule has 0 saturated carbocycles. The zero-order chi connectivity index (χ0) is 24.2. The quantitative estimate of drug-likeness (QED) is 0.511. The SMILES string of the molecule is CC(C)N(C)S(=O)(=O)c1cccc(C(=O)N(C)CCCc2cc(-c3cccc(F)c3)n[nH]2)c1. The van der Waals surface area contributed by atoms with E-state index in [9.17, 15) is 17.6 Å². The summed E-state index contributed by atoms with van der Waals surface area (Å²) in [5.41, 5.74) is 2.58. The van der Waals surface area contributed by atoms with Gasteiger partial charge < -0.3 is 4.90 Å². The van der Waals surface area contributed by atoms with Crippen molar-refractivity contribution in [1.82, 2.24) is 19.4 Å². The van der Waals surface area contributed by atoms with Gasteiger partial charge in [-0.3, -0.25) is 9.89 Å². The topological polar surface area (TPSA) is 86.4 Å². The maximum absolute atomic E-state index is 13.4. The molecule has 0 unspecified atom stereocenters. The average Bonchev–Trinajstić information content (AvgIpc) is 3.27. The number of carbonyl (C=O) groups is 1. The highest BCUT2D eigenvalue weighted by atomic mass is 32.2. The number of carbonyl (C=O) groups excluding carboxylic acids is 1. The number of rotatable bonds is 9. The number of benzene rings is 2. The van der Waals surface area contributed by atoms with E-state index in [0.717, 1.165) is 5.69 Å². The van der Waals surface area contributed by atoms with Gasteiger partial charge in [-0.05, 0) is 63.1 Å². The summed E-state index contributed by atoms with van der Waals surface area (Å²) in [5, 5.41) is 7.19. The number of hydrogen-bond donors (Lipinski definition) is 1. The molecule has 2 aromatic carbocycles. The lowest BCUT2D eigenvalue weighted by Gasteiger charge is -2.22. The maximum atomic E-state index is 13.4. The molecule has 0 bridgehead atoms. The Hall–Kier alpha value is -3.04. The molecule has 0 radical (unpaired) electrons. The molecule has 1 heterocycles. The van der Waals surface area contributed by atoms with Gasteiger partial charge in [0.1, 0.15) is 5.82 Å². The van der Waals surface area contributed by atoms with Crippen LogP contribution in [0.25, 0.3) is 11.3 Å². The first kappa shape index (κ1) is 24.6. The van der Waals surface area contributed by atoms with Crippen molar-refractivity contribution in [2.24, 2.45) is 0 Å². The van der Waals surface area contributed by atoms with Crippen LogP contribution in [0.1, 0.15) is 36.3 Å². The molecule has 0 aliphatic heterocycles. The Kier molecular flexibility index (Phi) is 7.65. The van der Waals surface area contributed by atoms with Crippen LogP contribution in [0.5, 0.6) is 0 Å². The second-order valence-electron chi connectivity index (χ2n) is 8.26. The fraction of sp³-hybridized carbons (Fsp3) is 0.333. The third-order valence-corrected chi connectivity index (χ3v) is 7.55. The molecule has 0 atom stereocenters. The Morgan fingerprint density at radius 3 is 2.52 bits per heavy atom. The first-order valence-electron chi connectivity index (χ1n) is 10.7. The van der Waals surface area contributed by atoms with E-state index < -0.39 is 10.0 Å². The van der Waals surface area contributed by atoms with Gasteiger partial charge in [0.15, 0.2) is 0 Å². The minimum Gasteiger partial charge on any atom is -0.342 e. The van der Waals surface area contributed by atoms with Gasteiger partial charge in [0.2, 0.25) is 10.0 Å². The molecule has 0 saturated heterocycles. The average molecular weight is 473 g/mol. The Balaban J connectivity index is 1.60. The second kappa shape index (κ2) is 10.3. The fourth-order valence-corrected chi connectivity index (χ4v) is 4.76. The zero-order valence-corrected chi connectivity index (χ0v) is 20.1. The lowest BCUT2D eigenvalue weighted by molar-refractivity contribution is 0.0793. The van der Waals surface area contributed by atoms with Crippen LogP contribution in [0.2, 0.25) is 0 Å². The number of nitrogens with zero attached hydrogens (tertiary/aromatic N) is 3. The molecule has 176 valence electrons. The van der Waals surface area contributed by atoms with E-state index in [-0.39, 0.29) is 22.7 Å². The monoisotopic (exact) mass is 472 g/mol. The molecule has 9 heteroatoms. The number of aromatic amines is 1. The van der Waals surface area contributed by atoms with Crippen LogP contribution in [0.4, 0.5) is 4.39 Å². The maximum Gasteiger partial charge on any atom is 0.253 e. The first-order valence-corrected chi connectivity index (χ1v) is 12.2. The van der Waals surface area contributed by atoms with Crippen LogP contribution in [0.3, 0.4) is 0 Å². The second-order valence-corrected chi connectivity index (χ2v) is 10.3. The number of amides is 1. The minimum absolute atomic E-state index is 0.0975. The lowest BCUT2D eigenvalue weighted by atomic mass is 10.1. The summed E-state index contributed by atoms with van der Waals surface area (Å²) in [6.07, 6.45) is 1.34. The predicted octanol–water partition coefficient (Wildman–Crippen LogP) is 3.95. The molecule has 0 fully saturated rings. The van der Waals surface area contributed by atoms with Crippen molar-refractivity contribution in [2.45, 2.75) is 37.6 Å². The van der Waals surface area contributed by atoms with E-state index >= 15 is 0 Å². The standard InChI is InChI=1S/C24H29FN4O3S/c1-17(2)29(4)33(31,32)22-12-6-9-19(15-22)24(30)28(3)13-7-11-21-16-23(27-26-21)18-8-5-10-20(25)14-18/h5-6,8-10,12,14-17H,7,11,13H2,1-4H3,(H,26,27). The summed E-state index contributed by atoms with van der Waals surface area (Å²) >= 11 is 0. The van der Waals surface area contributed by atoms with E-state index in [1.807, 2.05) is 6.07 Å². The van der Waals surface area contributed by atoms with Gasteiger partial charge in [-0.15, -0.1) is 0 Å². The van der Waals surface area contributed by atoms with Gasteiger partial charge in [0.25, 0.3) is 5.91 Å². The number of halogens is 1. The van der Waals surface area contributed by atoms with Crippen LogP contribution in [0, 0.1) is 5.82 Å². The van der Waals surface area contributed by atoms with Crippen LogP contribution in [-0.4, -0.2) is 60.4 Å². The summed E-state index contributed by atoms with van der Waals surface area (Å²) < 4.78 is 40.2. The molecule has 1 aromatic heterocycles. The van der Waals surface area contributed by atoms with Crippen molar-refractivity contribution in [3.63, 3.8) is 0 Å². The third kappa shape index (κ3) is 5.85. The van der Waals surface area contributed by atoms with Gasteiger partial charge >= 0.3 is 0 Å². The number of aromatic nitrogens is 2. The molecular weight excluding hydrogens is 443 g/mol. The third-order valence-electron chi connectivity index (χ3n) is 5.52. The molecule has 3 aromatic rings. The van der Waals surface area contributed by atoms with Crippen LogP contribution < -0.4 is 0 Å². The van der Waals surface area contributed by atoms with Crippen molar-refractivity contribution >= 4 is 15.9 Å². The first-order chi connectivity index (χ1) is 15.6. The number of H-pyrrole nitrogens is 1. The van der Waals surface area contributed by atoms with Gasteiger partial charge in [-0.2, -0.15) is 9.40 Å². The highest BCUT2D eigenvalue weighted by molar-refractivity contribution is 7.89. The van der Waals surface area contributed by atoms with Crippen molar-refractivity contribution in [3.8, 4) is 11.3 Å². The molecule has 33 heavy (non-hydrogen) atoms. The van der Waals surface area contributed by atoms with Gasteiger partial charge in [0.05, 0.1) is 10.6 Å². The summed E-state index contributed by atoms with van der Waals surface area (Å²) in [7, 11) is -0.455. The number of hydrogen-bond acceptors (Lipinski definition) is 4. The van der Waals surface area contributed by atoms with Gasteiger partial charge in [-0.1, -0.05) is 18.2 Å². The van der Waals surface area contributed by atoms with Gasteiger partial charge in [0, 0.05) is 43.5 Å². The molecule has 0 spiro atoms. The van der Waals surface area contributed by atoms with E-state index in [2.05, 4.69) is 10.2 Å². The molecule has 1 N–H and O–H groups in total. The highest BCUT2D eigenvalue weighted by Gasteiger charge is 2.24. The van der Waals surface area contributed by atoms with Crippen molar-refractivity contribution in [1.29, 1.82) is 0 Å². The van der Waals surface area contributed by atoms with Crippen LogP contribution >= 0.6 is 0 Å². The molecule has 7 nitrogen and oxygen atoms in total. The van der Waals surface area contributed by atoms with Crippen molar-refractivity contribution in [2.75, 3.05) is 20.6 Å². The smallest absolute Gasteiger partial charge is 0.253 e. The highest BCUT2D eigenvalue weighted by Crippen LogP contribution is 2.20. The number of nitrogens with one attached hydrogen (secondary N) is 1. The van der Waals surface area contributed by atoms with E-state index in [0.29, 0.717) is 36.2 Å². The lowest BCUT2D eigenvalue weighted by Crippen LogP contribution is -2.33. The fourth-order valence-electron chi connectivity index (χ4n) is 3.35. The Morgan fingerprint density at radius 2 is 1.82 bits per heavy atom. The van der Waals surface area contributed by atoms with E-state index in [4.69, 9.17) is 0 Å². The number of aryl methyl sites for hydroxylation is 1. The summed E-state index contributed by atoms with van der Waals surface area (Å²) in [5.74, 6) is -0.561. The van der Waals surface area contributed by atoms with Crippen molar-refractivity contribution < 1.29 is 17.6 Å². The molecule has 3 rings (SSSR count). The summed E-state index contributed by atoms with van der Waals surface area (Å²) in [4.78, 5) is 14.5. The summed E-state index contributed by atoms with van der Waals surface area (Å²) in [6, 6.07) is 14.1. The molecule has 0 aliphatic carbocycles. The Bertz CT molecular complexity index is 1220. The summed E-state index contributed by atoms with van der Waals surface area (Å²) in [6.45, 7) is 4.07.